The van der Waals surface area contributed by atoms with Crippen molar-refractivity contribution in [1.82, 2.24) is 20.4 Å². The first-order chi connectivity index (χ1) is 21.3. The van der Waals surface area contributed by atoms with Gasteiger partial charge in [-0.15, -0.1) is 0 Å². The van der Waals surface area contributed by atoms with Crippen molar-refractivity contribution in [2.24, 2.45) is 0 Å². The summed E-state index contributed by atoms with van der Waals surface area (Å²) >= 11 is 6.32. The molecule has 3 aromatic rings. The molecular weight excluding hydrogens is 579 g/mol. The van der Waals surface area contributed by atoms with Gasteiger partial charge in [-0.2, -0.15) is 0 Å². The Labute approximate surface area is 263 Å². The zero-order valence-electron chi connectivity index (χ0n) is 25.1. The number of aryl methyl sites for hydroxylation is 1. The maximum Gasteiger partial charge on any atom is 0.246 e. The number of fused-ring (bicyclic) bond motifs is 1. The van der Waals surface area contributed by atoms with Gasteiger partial charge in [-0.3, -0.25) is 14.4 Å². The maximum absolute atomic E-state index is 14.2. The van der Waals surface area contributed by atoms with E-state index in [9.17, 15) is 18.8 Å². The molecule has 2 aliphatic rings. The van der Waals surface area contributed by atoms with Gasteiger partial charge in [-0.1, -0.05) is 79.5 Å². The average molecular weight is 619 g/mol. The highest BCUT2D eigenvalue weighted by atomic mass is 35.5. The molecule has 2 heterocycles. The highest BCUT2D eigenvalue weighted by Crippen LogP contribution is 2.22. The van der Waals surface area contributed by atoms with Crippen molar-refractivity contribution in [3.63, 3.8) is 0 Å². The third-order valence-electron chi connectivity index (χ3n) is 8.63. The monoisotopic (exact) mass is 618 g/mol. The number of nitrogens with one attached hydrogen (secondary N) is 2. The molecule has 232 valence electrons. The van der Waals surface area contributed by atoms with Crippen LogP contribution in [-0.2, 0) is 40.2 Å². The zero-order chi connectivity index (χ0) is 31.1. The van der Waals surface area contributed by atoms with Crippen molar-refractivity contribution in [3.05, 3.63) is 106 Å². The summed E-state index contributed by atoms with van der Waals surface area (Å²) < 4.78 is 13.7. The topological polar surface area (TPSA) is 81.8 Å². The number of nitrogens with zero attached hydrogens (tertiary/aromatic N) is 2. The van der Waals surface area contributed by atoms with Crippen LogP contribution in [0.4, 0.5) is 4.39 Å². The molecule has 3 aromatic carbocycles. The smallest absolute Gasteiger partial charge is 0.246 e. The van der Waals surface area contributed by atoms with Gasteiger partial charge in [-0.05, 0) is 66.1 Å². The van der Waals surface area contributed by atoms with Crippen LogP contribution in [0, 0.1) is 5.82 Å². The molecule has 0 saturated carbocycles. The van der Waals surface area contributed by atoms with Gasteiger partial charge in [0.05, 0.1) is 6.04 Å². The molecule has 2 N–H and O–H groups in total. The normalized spacial score (nSPS) is 18.9. The lowest BCUT2D eigenvalue weighted by Crippen LogP contribution is -2.63. The summed E-state index contributed by atoms with van der Waals surface area (Å²) in [6.45, 7) is 3.95. The van der Waals surface area contributed by atoms with Crippen LogP contribution < -0.4 is 10.6 Å². The van der Waals surface area contributed by atoms with Crippen LogP contribution in [0.25, 0.3) is 0 Å². The van der Waals surface area contributed by atoms with Crippen molar-refractivity contribution < 1.29 is 18.8 Å². The summed E-state index contributed by atoms with van der Waals surface area (Å²) in [7, 11) is 0. The van der Waals surface area contributed by atoms with Crippen LogP contribution in [-0.4, -0.2) is 65.3 Å². The van der Waals surface area contributed by atoms with Gasteiger partial charge < -0.3 is 20.4 Å². The molecule has 3 unspecified atom stereocenters. The number of hydrogen-bond donors (Lipinski definition) is 2. The Balaban J connectivity index is 1.29. The largest absolute Gasteiger partial charge is 0.343 e. The minimum Gasteiger partial charge on any atom is -0.343 e. The van der Waals surface area contributed by atoms with Crippen LogP contribution >= 0.6 is 11.6 Å². The van der Waals surface area contributed by atoms with Crippen LogP contribution in [0.3, 0.4) is 0 Å². The van der Waals surface area contributed by atoms with E-state index >= 15 is 0 Å². The van der Waals surface area contributed by atoms with Gasteiger partial charge in [0.1, 0.15) is 17.9 Å². The van der Waals surface area contributed by atoms with E-state index in [1.165, 1.54) is 12.1 Å². The molecule has 0 aliphatic carbocycles. The van der Waals surface area contributed by atoms with Gasteiger partial charge in [0, 0.05) is 37.6 Å². The zero-order valence-corrected chi connectivity index (χ0v) is 25.9. The first kappa shape index (κ1) is 31.7. The summed E-state index contributed by atoms with van der Waals surface area (Å²) in [5.41, 5.74) is 4.03. The number of halogens is 2. The van der Waals surface area contributed by atoms with Crippen LogP contribution in [0.2, 0.25) is 5.02 Å². The Bertz CT molecular complexity index is 1470. The molecule has 3 atom stereocenters. The number of benzene rings is 3. The fraction of sp³-hybridized carbons (Fsp3) is 0.400. The van der Waals surface area contributed by atoms with E-state index in [0.29, 0.717) is 39.0 Å². The van der Waals surface area contributed by atoms with Crippen molar-refractivity contribution in [2.75, 3.05) is 19.6 Å². The number of carbonyl (C=O) groups excluding carboxylic acids is 3. The van der Waals surface area contributed by atoms with Crippen LogP contribution in [0.1, 0.15) is 48.4 Å². The molecule has 5 rings (SSSR count). The van der Waals surface area contributed by atoms with Crippen molar-refractivity contribution in [2.45, 2.75) is 70.1 Å². The lowest BCUT2D eigenvalue weighted by Gasteiger charge is -2.42. The van der Waals surface area contributed by atoms with E-state index in [1.807, 2.05) is 60.4 Å². The lowest BCUT2D eigenvalue weighted by molar-refractivity contribution is -0.153. The van der Waals surface area contributed by atoms with E-state index in [0.717, 1.165) is 46.5 Å². The summed E-state index contributed by atoms with van der Waals surface area (Å²) in [5.74, 6) is -0.994. The van der Waals surface area contributed by atoms with Gasteiger partial charge in [0.15, 0.2) is 0 Å². The Morgan fingerprint density at radius 1 is 1.02 bits per heavy atom. The molecule has 3 amide bonds. The highest BCUT2D eigenvalue weighted by Gasteiger charge is 2.40. The number of amides is 3. The highest BCUT2D eigenvalue weighted by molar-refractivity contribution is 6.31. The molecule has 0 bridgehead atoms. The minimum absolute atomic E-state index is 0.0666. The summed E-state index contributed by atoms with van der Waals surface area (Å²) in [6, 6.07) is 19.7. The quantitative estimate of drug-likeness (QED) is 0.327. The lowest BCUT2D eigenvalue weighted by atomic mass is 9.95. The summed E-state index contributed by atoms with van der Waals surface area (Å²) in [5, 5.41) is 7.01. The van der Waals surface area contributed by atoms with Gasteiger partial charge >= 0.3 is 0 Å². The molecule has 44 heavy (non-hydrogen) atoms. The van der Waals surface area contributed by atoms with Gasteiger partial charge in [0.2, 0.25) is 17.7 Å². The standard InChI is InChI=1S/C35H40ClFN4O3/c1-2-8-32-35(44)40(18-7-12-25-9-5-6-13-29(25)36)19-20-41(32)34(43)31(21-24-14-16-28(37)17-15-24)39-33(42)30-22-26-10-3-4-11-27(26)23-38-30/h3-6,9-11,13-17,30-32,38H,2,7-8,12,18-23H2,1H3,(H,39,42). The summed E-state index contributed by atoms with van der Waals surface area (Å²) in [4.78, 5) is 44.9. The second-order valence-corrected chi connectivity index (χ2v) is 12.1. The fourth-order valence-electron chi connectivity index (χ4n) is 6.21. The number of rotatable bonds is 11. The Morgan fingerprint density at radius 2 is 1.75 bits per heavy atom. The van der Waals surface area contributed by atoms with Crippen molar-refractivity contribution in [3.8, 4) is 0 Å². The average Bonchev–Trinajstić information content (AvgIpc) is 3.04. The first-order valence-electron chi connectivity index (χ1n) is 15.5. The van der Waals surface area contributed by atoms with E-state index in [1.54, 1.807) is 17.0 Å². The van der Waals surface area contributed by atoms with Crippen LogP contribution in [0.15, 0.2) is 72.8 Å². The van der Waals surface area contributed by atoms with Crippen LogP contribution in [0.5, 0.6) is 0 Å². The molecule has 1 fully saturated rings. The SMILES string of the molecule is CCCC1C(=O)N(CCCc2ccccc2Cl)CCN1C(=O)C(Cc1ccc(F)cc1)NC(=O)C1Cc2ccccc2CN1. The molecule has 0 spiro atoms. The van der Waals surface area contributed by atoms with E-state index < -0.39 is 18.1 Å². The van der Waals surface area contributed by atoms with E-state index in [-0.39, 0.29) is 30.0 Å². The number of carbonyl (C=O) groups is 3. The Kier molecular flexibility index (Phi) is 10.7. The first-order valence-corrected chi connectivity index (χ1v) is 15.9. The number of piperazine rings is 1. The molecule has 7 nitrogen and oxygen atoms in total. The Morgan fingerprint density at radius 3 is 2.50 bits per heavy atom. The van der Waals surface area contributed by atoms with Gasteiger partial charge in [-0.25, -0.2) is 4.39 Å². The van der Waals surface area contributed by atoms with E-state index in [2.05, 4.69) is 10.6 Å². The minimum atomic E-state index is -0.897. The molecule has 2 aliphatic heterocycles. The second kappa shape index (κ2) is 14.8. The molecule has 0 aromatic heterocycles. The summed E-state index contributed by atoms with van der Waals surface area (Å²) in [6.07, 6.45) is 3.50. The third-order valence-corrected chi connectivity index (χ3v) is 9.00. The third kappa shape index (κ3) is 7.66. The molecule has 9 heteroatoms. The second-order valence-electron chi connectivity index (χ2n) is 11.7. The van der Waals surface area contributed by atoms with E-state index in [4.69, 9.17) is 11.6 Å². The fourth-order valence-corrected chi connectivity index (χ4v) is 6.44. The maximum atomic E-state index is 14.2. The Hall–Kier alpha value is -3.75. The molecule has 0 radical (unpaired) electrons. The predicted octanol–water partition coefficient (Wildman–Crippen LogP) is 4.69. The molecular formula is C35H40ClFN4O3. The molecule has 1 saturated heterocycles. The number of hydrogen-bond acceptors (Lipinski definition) is 4. The van der Waals surface area contributed by atoms with Crippen molar-refractivity contribution >= 4 is 29.3 Å². The van der Waals surface area contributed by atoms with Crippen molar-refractivity contribution in [1.29, 1.82) is 0 Å². The van der Waals surface area contributed by atoms with Gasteiger partial charge in [0.25, 0.3) is 0 Å². The predicted molar refractivity (Wildman–Crippen MR) is 170 cm³/mol.